The molecule has 122 valence electrons. The predicted octanol–water partition coefficient (Wildman–Crippen LogP) is 3.30. The predicted molar refractivity (Wildman–Crippen MR) is 87.8 cm³/mol. The second-order valence-corrected chi connectivity index (χ2v) is 6.52. The normalized spacial score (nSPS) is 26.9. The van der Waals surface area contributed by atoms with Crippen LogP contribution < -0.4 is 10.6 Å². The van der Waals surface area contributed by atoms with Gasteiger partial charge in [-0.2, -0.15) is 0 Å². The Balaban J connectivity index is 0.00000176. The van der Waals surface area contributed by atoms with Crippen LogP contribution in [0.5, 0.6) is 0 Å². The van der Waals surface area contributed by atoms with Gasteiger partial charge >= 0.3 is 0 Å². The monoisotopic (exact) mass is 346 g/mol. The van der Waals surface area contributed by atoms with Crippen molar-refractivity contribution in [2.45, 2.75) is 32.2 Å². The van der Waals surface area contributed by atoms with Gasteiger partial charge in [0.2, 0.25) is 5.91 Å². The van der Waals surface area contributed by atoms with Crippen molar-refractivity contribution < 1.29 is 9.18 Å². The van der Waals surface area contributed by atoms with Gasteiger partial charge in [0.1, 0.15) is 5.82 Å². The summed E-state index contributed by atoms with van der Waals surface area (Å²) in [6.45, 7) is 1.79. The number of carbonyl (C=O) groups is 1. The lowest BCUT2D eigenvalue weighted by molar-refractivity contribution is -0.134. The van der Waals surface area contributed by atoms with Crippen LogP contribution in [0.3, 0.4) is 0 Å². The van der Waals surface area contributed by atoms with Crippen LogP contribution in [0.25, 0.3) is 0 Å². The van der Waals surface area contributed by atoms with E-state index in [2.05, 4.69) is 10.6 Å². The first-order valence-electron chi connectivity index (χ1n) is 7.55. The minimum atomic E-state index is -0.370. The van der Waals surface area contributed by atoms with Gasteiger partial charge in [-0.1, -0.05) is 30.5 Å². The van der Waals surface area contributed by atoms with Crippen molar-refractivity contribution in [3.8, 4) is 0 Å². The van der Waals surface area contributed by atoms with Crippen molar-refractivity contribution in [3.05, 3.63) is 34.6 Å². The van der Waals surface area contributed by atoms with Crippen molar-refractivity contribution >= 4 is 29.9 Å². The molecule has 1 amide bonds. The van der Waals surface area contributed by atoms with Gasteiger partial charge in [0.15, 0.2) is 0 Å². The number of hydrogen-bond donors (Lipinski definition) is 2. The van der Waals surface area contributed by atoms with E-state index in [0.29, 0.717) is 16.5 Å². The first-order chi connectivity index (χ1) is 10.1. The average molecular weight is 347 g/mol. The second-order valence-electron chi connectivity index (χ2n) is 6.11. The van der Waals surface area contributed by atoms with Crippen LogP contribution in [0.2, 0.25) is 5.02 Å². The molecule has 0 spiro atoms. The van der Waals surface area contributed by atoms with Gasteiger partial charge in [-0.25, -0.2) is 4.39 Å². The average Bonchev–Trinajstić information content (AvgIpc) is 2.91. The maximum Gasteiger partial charge on any atom is 0.228 e. The van der Waals surface area contributed by atoms with Crippen LogP contribution in [-0.4, -0.2) is 19.0 Å². The second kappa shape index (κ2) is 7.16. The Kier molecular flexibility index (Phi) is 5.70. The van der Waals surface area contributed by atoms with Gasteiger partial charge in [-0.15, -0.1) is 12.4 Å². The molecule has 6 heteroatoms. The Morgan fingerprint density at radius 3 is 3.05 bits per heavy atom. The molecular formula is C16H21Cl2FN2O. The number of nitrogens with one attached hydrogen (secondary N) is 2. The summed E-state index contributed by atoms with van der Waals surface area (Å²) < 4.78 is 13.8. The molecule has 2 aliphatic rings. The standard InChI is InChI=1S/C16H20ClFN2O.ClH/c17-13-5-3-6-14(18)12(13)9-20-15(21)16-7-2-1-4-11(16)8-19-10-16;/h3,5-6,11,19H,1-2,4,7-10H2,(H,20,21);1H/t11-,16+;/m0./s1. The highest BCUT2D eigenvalue weighted by molar-refractivity contribution is 6.31. The van der Waals surface area contributed by atoms with E-state index in [4.69, 9.17) is 11.6 Å². The number of benzene rings is 1. The molecule has 0 aromatic heterocycles. The lowest BCUT2D eigenvalue weighted by Crippen LogP contribution is -2.47. The van der Waals surface area contributed by atoms with Gasteiger partial charge < -0.3 is 10.6 Å². The fourth-order valence-corrected chi connectivity index (χ4v) is 3.97. The van der Waals surface area contributed by atoms with Gasteiger partial charge in [0, 0.05) is 23.7 Å². The van der Waals surface area contributed by atoms with Crippen molar-refractivity contribution in [3.63, 3.8) is 0 Å². The summed E-state index contributed by atoms with van der Waals surface area (Å²) in [5, 5.41) is 6.61. The molecule has 2 fully saturated rings. The molecule has 2 atom stereocenters. The lowest BCUT2D eigenvalue weighted by Gasteiger charge is -2.37. The minimum absolute atomic E-state index is 0. The van der Waals surface area contributed by atoms with Gasteiger partial charge in [-0.05, 0) is 37.4 Å². The fraction of sp³-hybridized carbons (Fsp3) is 0.562. The van der Waals surface area contributed by atoms with Crippen molar-refractivity contribution in [1.82, 2.24) is 10.6 Å². The van der Waals surface area contributed by atoms with Crippen LogP contribution in [0.1, 0.15) is 31.2 Å². The van der Waals surface area contributed by atoms with Crippen molar-refractivity contribution in [2.75, 3.05) is 13.1 Å². The maximum absolute atomic E-state index is 13.8. The number of halogens is 3. The molecule has 1 saturated carbocycles. The van der Waals surface area contributed by atoms with E-state index in [9.17, 15) is 9.18 Å². The minimum Gasteiger partial charge on any atom is -0.351 e. The molecule has 0 bridgehead atoms. The van der Waals surface area contributed by atoms with Crippen LogP contribution in [0.15, 0.2) is 18.2 Å². The highest BCUT2D eigenvalue weighted by Gasteiger charge is 2.49. The molecule has 0 unspecified atom stereocenters. The zero-order chi connectivity index (χ0) is 14.9. The summed E-state index contributed by atoms with van der Waals surface area (Å²) in [6, 6.07) is 4.58. The van der Waals surface area contributed by atoms with E-state index in [1.165, 1.54) is 12.5 Å². The SMILES string of the molecule is Cl.O=C(NCc1c(F)cccc1Cl)[C@@]12CCCC[C@H]1CNC2. The summed E-state index contributed by atoms with van der Waals surface area (Å²) in [4.78, 5) is 12.7. The Morgan fingerprint density at radius 2 is 2.27 bits per heavy atom. The smallest absolute Gasteiger partial charge is 0.228 e. The number of amides is 1. The van der Waals surface area contributed by atoms with Gasteiger partial charge in [0.05, 0.1) is 5.41 Å². The van der Waals surface area contributed by atoms with Crippen LogP contribution in [0, 0.1) is 17.2 Å². The Hall–Kier alpha value is -0.840. The molecule has 2 N–H and O–H groups in total. The summed E-state index contributed by atoms with van der Waals surface area (Å²) in [5.74, 6) is 0.0731. The van der Waals surface area contributed by atoms with E-state index in [1.54, 1.807) is 12.1 Å². The first-order valence-corrected chi connectivity index (χ1v) is 7.93. The molecule has 1 aromatic carbocycles. The molecule has 1 aromatic rings. The Labute approximate surface area is 141 Å². The van der Waals surface area contributed by atoms with Gasteiger partial charge in [0.25, 0.3) is 0 Å². The summed E-state index contributed by atoms with van der Waals surface area (Å²) in [5.41, 5.74) is 0.0536. The quantitative estimate of drug-likeness (QED) is 0.881. The summed E-state index contributed by atoms with van der Waals surface area (Å²) >= 11 is 6.00. The van der Waals surface area contributed by atoms with Crippen LogP contribution >= 0.6 is 24.0 Å². The Bertz CT molecular complexity index is 535. The largest absolute Gasteiger partial charge is 0.351 e. The summed E-state index contributed by atoms with van der Waals surface area (Å²) in [6.07, 6.45) is 4.30. The maximum atomic E-state index is 13.8. The third-order valence-corrected chi connectivity index (χ3v) is 5.33. The van der Waals surface area contributed by atoms with Gasteiger partial charge in [-0.3, -0.25) is 4.79 Å². The highest BCUT2D eigenvalue weighted by atomic mass is 35.5. The van der Waals surface area contributed by atoms with E-state index in [-0.39, 0.29) is 36.1 Å². The number of fused-ring (bicyclic) bond motifs is 1. The third-order valence-electron chi connectivity index (χ3n) is 4.98. The molecule has 22 heavy (non-hydrogen) atoms. The van der Waals surface area contributed by atoms with Crippen LogP contribution in [0.4, 0.5) is 4.39 Å². The molecule has 1 aliphatic heterocycles. The fourth-order valence-electron chi connectivity index (χ4n) is 3.74. The number of hydrogen-bond acceptors (Lipinski definition) is 2. The molecular weight excluding hydrogens is 326 g/mol. The molecule has 3 rings (SSSR count). The van der Waals surface area contributed by atoms with E-state index in [1.807, 2.05) is 0 Å². The van der Waals surface area contributed by atoms with Crippen molar-refractivity contribution in [2.24, 2.45) is 11.3 Å². The molecule has 3 nitrogen and oxygen atoms in total. The highest BCUT2D eigenvalue weighted by Crippen LogP contribution is 2.43. The number of carbonyl (C=O) groups excluding carboxylic acids is 1. The van der Waals surface area contributed by atoms with Crippen LogP contribution in [-0.2, 0) is 11.3 Å². The topological polar surface area (TPSA) is 41.1 Å². The Morgan fingerprint density at radius 1 is 1.45 bits per heavy atom. The van der Waals surface area contributed by atoms with Crippen molar-refractivity contribution in [1.29, 1.82) is 0 Å². The first kappa shape index (κ1) is 17.5. The molecule has 0 radical (unpaired) electrons. The van der Waals surface area contributed by atoms with E-state index >= 15 is 0 Å². The molecule has 1 heterocycles. The number of rotatable bonds is 3. The zero-order valence-corrected chi connectivity index (χ0v) is 13.9. The van der Waals surface area contributed by atoms with E-state index in [0.717, 1.165) is 32.4 Å². The third kappa shape index (κ3) is 3.10. The summed E-state index contributed by atoms with van der Waals surface area (Å²) in [7, 11) is 0. The molecule has 1 aliphatic carbocycles. The lowest BCUT2D eigenvalue weighted by atomic mass is 9.67. The molecule has 1 saturated heterocycles. The zero-order valence-electron chi connectivity index (χ0n) is 12.3. The van der Waals surface area contributed by atoms with E-state index < -0.39 is 0 Å².